The summed E-state index contributed by atoms with van der Waals surface area (Å²) < 4.78 is 2.18. The van der Waals surface area contributed by atoms with E-state index in [0.29, 0.717) is 12.6 Å². The molecule has 4 rings (SSSR count). The van der Waals surface area contributed by atoms with Gasteiger partial charge in [-0.3, -0.25) is 9.48 Å². The van der Waals surface area contributed by atoms with Crippen LogP contribution < -0.4 is 5.32 Å². The van der Waals surface area contributed by atoms with E-state index in [1.807, 2.05) is 23.6 Å². The molecule has 1 saturated carbocycles. The Labute approximate surface area is 161 Å². The molecule has 3 aromatic heterocycles. The number of hydrogen-bond acceptors (Lipinski definition) is 4. The highest BCUT2D eigenvalue weighted by molar-refractivity contribution is 7.13. The maximum absolute atomic E-state index is 12.1. The van der Waals surface area contributed by atoms with Gasteiger partial charge in [-0.25, -0.2) is 0 Å². The topological polar surface area (TPSA) is 46.9 Å². The summed E-state index contributed by atoms with van der Waals surface area (Å²) in [5, 5.41) is 11.9. The summed E-state index contributed by atoms with van der Waals surface area (Å²) >= 11 is 3.35. The molecule has 0 bridgehead atoms. The maximum Gasteiger partial charge on any atom is 0.244 e. The summed E-state index contributed by atoms with van der Waals surface area (Å²) in [5.41, 5.74) is 2.09. The lowest BCUT2D eigenvalue weighted by Gasteiger charge is -2.13. The highest BCUT2D eigenvalue weighted by atomic mass is 32.1. The molecule has 1 aliphatic rings. The predicted molar refractivity (Wildman–Crippen MR) is 108 cm³/mol. The van der Waals surface area contributed by atoms with Crippen molar-refractivity contribution in [2.45, 2.75) is 38.3 Å². The van der Waals surface area contributed by atoms with Crippen LogP contribution in [0.5, 0.6) is 0 Å². The second kappa shape index (κ2) is 8.01. The third-order valence-electron chi connectivity index (χ3n) is 4.62. The fourth-order valence-corrected chi connectivity index (χ4v) is 4.70. The van der Waals surface area contributed by atoms with Gasteiger partial charge in [-0.05, 0) is 47.9 Å². The average molecular weight is 384 g/mol. The highest BCUT2D eigenvalue weighted by Gasteiger charge is 2.22. The van der Waals surface area contributed by atoms with E-state index in [9.17, 15) is 4.79 Å². The van der Waals surface area contributed by atoms with Crippen LogP contribution >= 0.6 is 22.7 Å². The summed E-state index contributed by atoms with van der Waals surface area (Å²) in [4.78, 5) is 14.4. The summed E-state index contributed by atoms with van der Waals surface area (Å²) in [6, 6.07) is 10.8. The molecule has 0 radical (unpaired) electrons. The SMILES string of the molecule is O=C(C=Cc1cccs1)NCc1cc(-c2cccs2)n(C2CCCC2)n1. The van der Waals surface area contributed by atoms with Crippen LogP contribution in [0.1, 0.15) is 42.3 Å². The van der Waals surface area contributed by atoms with Gasteiger partial charge in [0.1, 0.15) is 0 Å². The van der Waals surface area contributed by atoms with E-state index in [4.69, 9.17) is 5.10 Å². The van der Waals surface area contributed by atoms with Crippen molar-refractivity contribution >= 4 is 34.7 Å². The number of thiophene rings is 2. The molecule has 4 nitrogen and oxygen atoms in total. The van der Waals surface area contributed by atoms with Gasteiger partial charge in [-0.1, -0.05) is 25.0 Å². The maximum atomic E-state index is 12.1. The zero-order chi connectivity index (χ0) is 17.8. The molecule has 0 aliphatic heterocycles. The molecule has 1 fully saturated rings. The predicted octanol–water partition coefficient (Wildman–Crippen LogP) is 5.12. The smallest absolute Gasteiger partial charge is 0.244 e. The van der Waals surface area contributed by atoms with Crippen molar-refractivity contribution in [2.24, 2.45) is 0 Å². The van der Waals surface area contributed by atoms with Crippen LogP contribution in [0.2, 0.25) is 0 Å². The van der Waals surface area contributed by atoms with Crippen LogP contribution in [0, 0.1) is 0 Å². The van der Waals surface area contributed by atoms with E-state index in [0.717, 1.165) is 10.6 Å². The first kappa shape index (κ1) is 17.2. The summed E-state index contributed by atoms with van der Waals surface area (Å²) in [5.74, 6) is -0.0912. The Kier molecular flexibility index (Phi) is 5.32. The van der Waals surface area contributed by atoms with Gasteiger partial charge in [0, 0.05) is 11.0 Å². The van der Waals surface area contributed by atoms with Crippen molar-refractivity contribution in [1.82, 2.24) is 15.1 Å². The Balaban J connectivity index is 1.46. The van der Waals surface area contributed by atoms with Crippen LogP contribution in [0.3, 0.4) is 0 Å². The normalized spacial score (nSPS) is 15.1. The highest BCUT2D eigenvalue weighted by Crippen LogP contribution is 2.35. The van der Waals surface area contributed by atoms with Gasteiger partial charge in [-0.15, -0.1) is 22.7 Å². The summed E-state index contributed by atoms with van der Waals surface area (Å²) in [6.45, 7) is 0.450. The number of nitrogens with one attached hydrogen (secondary N) is 1. The van der Waals surface area contributed by atoms with Gasteiger partial charge in [-0.2, -0.15) is 5.10 Å². The van der Waals surface area contributed by atoms with Crippen LogP contribution in [0.25, 0.3) is 16.6 Å². The molecular formula is C20H21N3OS2. The minimum Gasteiger partial charge on any atom is -0.347 e. The fourth-order valence-electron chi connectivity index (χ4n) is 3.35. The van der Waals surface area contributed by atoms with Crippen molar-refractivity contribution in [1.29, 1.82) is 0 Å². The van der Waals surface area contributed by atoms with Crippen molar-refractivity contribution in [2.75, 3.05) is 0 Å². The molecule has 0 unspecified atom stereocenters. The van der Waals surface area contributed by atoms with Gasteiger partial charge in [0.2, 0.25) is 5.91 Å². The number of nitrogens with zero attached hydrogens (tertiary/aromatic N) is 2. The van der Waals surface area contributed by atoms with E-state index < -0.39 is 0 Å². The van der Waals surface area contributed by atoms with E-state index in [1.165, 1.54) is 36.3 Å². The first-order valence-corrected chi connectivity index (χ1v) is 10.7. The Morgan fingerprint density at radius 3 is 2.77 bits per heavy atom. The van der Waals surface area contributed by atoms with Gasteiger partial charge in [0.05, 0.1) is 28.9 Å². The summed E-state index contributed by atoms with van der Waals surface area (Å²) in [7, 11) is 0. The first-order chi connectivity index (χ1) is 12.8. The van der Waals surface area contributed by atoms with E-state index in [1.54, 1.807) is 28.7 Å². The number of amides is 1. The minimum absolute atomic E-state index is 0.0912. The molecule has 1 N–H and O–H groups in total. The third-order valence-corrected chi connectivity index (χ3v) is 6.35. The largest absolute Gasteiger partial charge is 0.347 e. The Morgan fingerprint density at radius 2 is 2.04 bits per heavy atom. The van der Waals surface area contributed by atoms with Crippen molar-refractivity contribution in [3.05, 3.63) is 57.7 Å². The standard InChI is InChI=1S/C20H21N3OS2/c24-20(10-9-17-7-3-11-25-17)21-14-15-13-18(19-8-4-12-26-19)23(22-15)16-5-1-2-6-16/h3-4,7-13,16H,1-2,5-6,14H2,(H,21,24). The Bertz CT molecular complexity index is 872. The van der Waals surface area contributed by atoms with Crippen molar-refractivity contribution in [3.63, 3.8) is 0 Å². The molecule has 0 aromatic carbocycles. The molecule has 0 saturated heterocycles. The number of hydrogen-bond donors (Lipinski definition) is 1. The summed E-state index contributed by atoms with van der Waals surface area (Å²) in [6.07, 6.45) is 8.35. The van der Waals surface area contributed by atoms with Crippen LogP contribution in [-0.4, -0.2) is 15.7 Å². The molecule has 3 aromatic rings. The Morgan fingerprint density at radius 1 is 1.23 bits per heavy atom. The molecule has 6 heteroatoms. The zero-order valence-corrected chi connectivity index (χ0v) is 16.1. The van der Waals surface area contributed by atoms with Crippen molar-refractivity contribution in [3.8, 4) is 10.6 Å². The molecule has 0 atom stereocenters. The lowest BCUT2D eigenvalue weighted by Crippen LogP contribution is -2.20. The molecule has 0 spiro atoms. The number of rotatable bonds is 6. The van der Waals surface area contributed by atoms with Crippen LogP contribution in [-0.2, 0) is 11.3 Å². The van der Waals surface area contributed by atoms with Gasteiger partial charge < -0.3 is 5.32 Å². The second-order valence-electron chi connectivity index (χ2n) is 6.45. The number of carbonyl (C=O) groups is 1. The molecular weight excluding hydrogens is 362 g/mol. The van der Waals surface area contributed by atoms with Gasteiger partial charge in [0.25, 0.3) is 0 Å². The van der Waals surface area contributed by atoms with E-state index in [-0.39, 0.29) is 5.91 Å². The van der Waals surface area contributed by atoms with Crippen LogP contribution in [0.4, 0.5) is 0 Å². The lowest BCUT2D eigenvalue weighted by molar-refractivity contribution is -0.116. The third kappa shape index (κ3) is 3.97. The van der Waals surface area contributed by atoms with Gasteiger partial charge >= 0.3 is 0 Å². The van der Waals surface area contributed by atoms with Gasteiger partial charge in [0.15, 0.2) is 0 Å². The van der Waals surface area contributed by atoms with E-state index in [2.05, 4.69) is 33.6 Å². The molecule has 26 heavy (non-hydrogen) atoms. The number of aromatic nitrogens is 2. The molecule has 1 amide bonds. The number of carbonyl (C=O) groups excluding carboxylic acids is 1. The second-order valence-corrected chi connectivity index (χ2v) is 8.37. The first-order valence-electron chi connectivity index (χ1n) is 8.91. The molecule has 1 aliphatic carbocycles. The van der Waals surface area contributed by atoms with Crippen molar-refractivity contribution < 1.29 is 4.79 Å². The quantitative estimate of drug-likeness (QED) is 0.601. The minimum atomic E-state index is -0.0912. The monoisotopic (exact) mass is 383 g/mol. The zero-order valence-electron chi connectivity index (χ0n) is 14.4. The molecule has 134 valence electrons. The molecule has 3 heterocycles. The Hall–Kier alpha value is -2.18. The van der Waals surface area contributed by atoms with Crippen LogP contribution in [0.15, 0.2) is 47.2 Å². The fraction of sp³-hybridized carbons (Fsp3) is 0.300. The lowest BCUT2D eigenvalue weighted by atomic mass is 10.2. The van der Waals surface area contributed by atoms with E-state index >= 15 is 0 Å². The average Bonchev–Trinajstić information content (AvgIpc) is 3.44.